The number of aryl methyl sites for hydroxylation is 1. The molecule has 3 heteroatoms. The molecule has 2 nitrogen and oxygen atoms in total. The molecule has 0 aliphatic carbocycles. The number of nitrogens with one attached hydrogen (secondary N) is 1. The second-order valence-electron chi connectivity index (χ2n) is 4.26. The second kappa shape index (κ2) is 4.03. The van der Waals surface area contributed by atoms with Gasteiger partial charge in [-0.15, -0.1) is 0 Å². The summed E-state index contributed by atoms with van der Waals surface area (Å²) in [5.74, 6) is 0.769. The first-order chi connectivity index (χ1) is 7.11. The number of hydrogen-bond acceptors (Lipinski definition) is 2. The lowest BCUT2D eigenvalue weighted by Crippen LogP contribution is -2.09. The Balaban J connectivity index is 2.47. The Labute approximate surface area is 95.3 Å². The summed E-state index contributed by atoms with van der Waals surface area (Å²) in [6, 6.07) is 2.06. The van der Waals surface area contributed by atoms with Gasteiger partial charge in [0, 0.05) is 6.54 Å². The molecule has 1 aromatic carbocycles. The van der Waals surface area contributed by atoms with Gasteiger partial charge in [0.15, 0.2) is 0 Å². The van der Waals surface area contributed by atoms with Crippen LogP contribution < -0.4 is 5.32 Å². The Morgan fingerprint density at radius 2 is 2.20 bits per heavy atom. The lowest BCUT2D eigenvalue weighted by Gasteiger charge is -2.16. The van der Waals surface area contributed by atoms with Crippen LogP contribution in [0.5, 0.6) is 5.75 Å². The molecule has 0 aromatic heterocycles. The van der Waals surface area contributed by atoms with Crippen molar-refractivity contribution in [2.24, 2.45) is 0 Å². The fourth-order valence-corrected chi connectivity index (χ4v) is 2.49. The summed E-state index contributed by atoms with van der Waals surface area (Å²) < 4.78 is 0. The molecule has 0 radical (unpaired) electrons. The van der Waals surface area contributed by atoms with Crippen molar-refractivity contribution in [2.75, 3.05) is 13.1 Å². The van der Waals surface area contributed by atoms with Gasteiger partial charge in [0.1, 0.15) is 5.75 Å². The zero-order chi connectivity index (χ0) is 11.0. The molecule has 0 bridgehead atoms. The van der Waals surface area contributed by atoms with Gasteiger partial charge in [-0.3, -0.25) is 0 Å². The highest BCUT2D eigenvalue weighted by Crippen LogP contribution is 2.37. The fourth-order valence-electron chi connectivity index (χ4n) is 2.23. The zero-order valence-electron chi connectivity index (χ0n) is 9.10. The molecule has 15 heavy (non-hydrogen) atoms. The maximum Gasteiger partial charge on any atom is 0.137 e. The third-order valence-corrected chi connectivity index (χ3v) is 3.68. The maximum atomic E-state index is 9.71. The SMILES string of the molecule is Cc1cc(C2CCNC2)c(C)c(Cl)c1O. The molecule has 1 atom stereocenters. The Morgan fingerprint density at radius 3 is 2.80 bits per heavy atom. The van der Waals surface area contributed by atoms with Gasteiger partial charge in [0.2, 0.25) is 0 Å². The minimum atomic E-state index is 0.226. The van der Waals surface area contributed by atoms with Crippen LogP contribution >= 0.6 is 11.6 Å². The number of halogens is 1. The van der Waals surface area contributed by atoms with Crippen LogP contribution in [0.4, 0.5) is 0 Å². The summed E-state index contributed by atoms with van der Waals surface area (Å²) in [5.41, 5.74) is 3.17. The molecule has 2 rings (SSSR count). The minimum Gasteiger partial charge on any atom is -0.506 e. The third kappa shape index (κ3) is 1.84. The van der Waals surface area contributed by atoms with Crippen LogP contribution in [0.15, 0.2) is 6.07 Å². The molecule has 1 fully saturated rings. The van der Waals surface area contributed by atoms with Gasteiger partial charge < -0.3 is 10.4 Å². The van der Waals surface area contributed by atoms with Crippen LogP contribution in [-0.4, -0.2) is 18.2 Å². The van der Waals surface area contributed by atoms with Crippen molar-refractivity contribution >= 4 is 11.6 Å². The molecule has 1 aliphatic rings. The van der Waals surface area contributed by atoms with E-state index in [0.29, 0.717) is 10.9 Å². The topological polar surface area (TPSA) is 32.3 Å². The molecule has 82 valence electrons. The molecule has 0 saturated carbocycles. The van der Waals surface area contributed by atoms with Crippen LogP contribution in [-0.2, 0) is 0 Å². The van der Waals surface area contributed by atoms with E-state index in [4.69, 9.17) is 11.6 Å². The van der Waals surface area contributed by atoms with Crippen LogP contribution in [0, 0.1) is 13.8 Å². The smallest absolute Gasteiger partial charge is 0.137 e. The Bertz CT molecular complexity index is 384. The third-order valence-electron chi connectivity index (χ3n) is 3.22. The molecule has 1 saturated heterocycles. The number of rotatable bonds is 1. The van der Waals surface area contributed by atoms with Gasteiger partial charge in [0.05, 0.1) is 5.02 Å². The standard InChI is InChI=1S/C12H16ClNO/c1-7-5-10(9-3-4-14-6-9)8(2)11(13)12(7)15/h5,9,14-15H,3-4,6H2,1-2H3. The minimum absolute atomic E-state index is 0.226. The Hall–Kier alpha value is -0.730. The van der Waals surface area contributed by atoms with E-state index in [9.17, 15) is 5.11 Å². The van der Waals surface area contributed by atoms with Gasteiger partial charge in [-0.2, -0.15) is 0 Å². The largest absolute Gasteiger partial charge is 0.506 e. The van der Waals surface area contributed by atoms with E-state index in [1.807, 2.05) is 13.8 Å². The van der Waals surface area contributed by atoms with E-state index >= 15 is 0 Å². The van der Waals surface area contributed by atoms with Crippen molar-refractivity contribution in [3.63, 3.8) is 0 Å². The van der Waals surface area contributed by atoms with Crippen LogP contribution in [0.25, 0.3) is 0 Å². The molecule has 0 spiro atoms. The summed E-state index contributed by atoms with van der Waals surface area (Å²) in [7, 11) is 0. The van der Waals surface area contributed by atoms with Gasteiger partial charge in [0.25, 0.3) is 0 Å². The van der Waals surface area contributed by atoms with Crippen molar-refractivity contribution in [1.29, 1.82) is 0 Å². The number of hydrogen-bond donors (Lipinski definition) is 2. The average Bonchev–Trinajstić information content (AvgIpc) is 2.73. The van der Waals surface area contributed by atoms with E-state index < -0.39 is 0 Å². The van der Waals surface area contributed by atoms with E-state index in [1.165, 1.54) is 5.56 Å². The van der Waals surface area contributed by atoms with E-state index in [1.54, 1.807) is 0 Å². The molecule has 2 N–H and O–H groups in total. The van der Waals surface area contributed by atoms with Gasteiger partial charge in [-0.25, -0.2) is 0 Å². The highest BCUT2D eigenvalue weighted by atomic mass is 35.5. The number of benzene rings is 1. The fraction of sp³-hybridized carbons (Fsp3) is 0.500. The molecule has 1 aromatic rings. The summed E-state index contributed by atoms with van der Waals surface area (Å²) in [6.07, 6.45) is 1.15. The molecule has 1 unspecified atom stereocenters. The van der Waals surface area contributed by atoms with Crippen molar-refractivity contribution in [3.05, 3.63) is 27.8 Å². The van der Waals surface area contributed by atoms with Crippen LogP contribution in [0.1, 0.15) is 29.0 Å². The van der Waals surface area contributed by atoms with Gasteiger partial charge in [-0.05, 0) is 49.4 Å². The van der Waals surface area contributed by atoms with E-state index in [0.717, 1.165) is 30.6 Å². The lowest BCUT2D eigenvalue weighted by atomic mass is 9.92. The van der Waals surface area contributed by atoms with Crippen LogP contribution in [0.3, 0.4) is 0 Å². The highest BCUT2D eigenvalue weighted by molar-refractivity contribution is 6.33. The molecule has 0 amide bonds. The molecule has 1 heterocycles. The number of phenols is 1. The first-order valence-corrected chi connectivity index (χ1v) is 5.68. The van der Waals surface area contributed by atoms with E-state index in [2.05, 4.69) is 11.4 Å². The Kier molecular flexibility index (Phi) is 2.89. The summed E-state index contributed by atoms with van der Waals surface area (Å²) >= 11 is 6.10. The summed E-state index contributed by atoms with van der Waals surface area (Å²) in [5, 5.41) is 13.6. The quantitative estimate of drug-likeness (QED) is 0.771. The number of aromatic hydroxyl groups is 1. The number of phenolic OH excluding ortho intramolecular Hbond substituents is 1. The molecule has 1 aliphatic heterocycles. The molecular formula is C12H16ClNO. The first-order valence-electron chi connectivity index (χ1n) is 5.30. The normalized spacial score (nSPS) is 20.9. The highest BCUT2D eigenvalue weighted by Gasteiger charge is 2.21. The summed E-state index contributed by atoms with van der Waals surface area (Å²) in [6.45, 7) is 5.96. The zero-order valence-corrected chi connectivity index (χ0v) is 9.86. The van der Waals surface area contributed by atoms with E-state index in [-0.39, 0.29) is 5.75 Å². The van der Waals surface area contributed by atoms with Gasteiger partial charge >= 0.3 is 0 Å². The second-order valence-corrected chi connectivity index (χ2v) is 4.64. The maximum absolute atomic E-state index is 9.71. The van der Waals surface area contributed by atoms with Gasteiger partial charge in [-0.1, -0.05) is 17.7 Å². The average molecular weight is 226 g/mol. The lowest BCUT2D eigenvalue weighted by molar-refractivity contribution is 0.470. The van der Waals surface area contributed by atoms with Crippen molar-refractivity contribution in [3.8, 4) is 5.75 Å². The van der Waals surface area contributed by atoms with Crippen molar-refractivity contribution in [1.82, 2.24) is 5.32 Å². The monoisotopic (exact) mass is 225 g/mol. The Morgan fingerprint density at radius 1 is 1.47 bits per heavy atom. The summed E-state index contributed by atoms with van der Waals surface area (Å²) in [4.78, 5) is 0. The molecular weight excluding hydrogens is 210 g/mol. The predicted molar refractivity (Wildman–Crippen MR) is 62.8 cm³/mol. The van der Waals surface area contributed by atoms with Crippen molar-refractivity contribution in [2.45, 2.75) is 26.2 Å². The van der Waals surface area contributed by atoms with Crippen molar-refractivity contribution < 1.29 is 5.11 Å². The first kappa shape index (κ1) is 10.8. The predicted octanol–water partition coefficient (Wildman–Crippen LogP) is 2.74. The van der Waals surface area contributed by atoms with Crippen LogP contribution in [0.2, 0.25) is 5.02 Å².